The summed E-state index contributed by atoms with van der Waals surface area (Å²) in [5.74, 6) is 0. The highest BCUT2D eigenvalue weighted by molar-refractivity contribution is 5.17. The van der Waals surface area contributed by atoms with E-state index in [4.69, 9.17) is 60.8 Å². The summed E-state index contributed by atoms with van der Waals surface area (Å²) in [6.07, 6.45) is -12.8. The number of hydrogen-bond donors (Lipinski definition) is 7. The lowest BCUT2D eigenvalue weighted by atomic mass is 9.84. The van der Waals surface area contributed by atoms with Crippen LogP contribution in [-0.2, 0) is 64.3 Å². The Balaban J connectivity index is 1.20. The van der Waals surface area contributed by atoms with Gasteiger partial charge in [0.2, 0.25) is 0 Å². The average molecular weight is 845 g/mol. The van der Waals surface area contributed by atoms with Gasteiger partial charge in [-0.1, -0.05) is 121 Å². The molecule has 15 heteroatoms. The highest BCUT2D eigenvalue weighted by Gasteiger charge is 2.53. The summed E-state index contributed by atoms with van der Waals surface area (Å²) in [4.78, 5) is 0. The van der Waals surface area contributed by atoms with Crippen LogP contribution in [0.3, 0.4) is 0 Å². The fourth-order valence-electron chi connectivity index (χ4n) is 8.08. The van der Waals surface area contributed by atoms with Crippen molar-refractivity contribution in [2.45, 2.75) is 125 Å². The van der Waals surface area contributed by atoms with E-state index in [-0.39, 0.29) is 39.4 Å². The van der Waals surface area contributed by atoms with Crippen LogP contribution in [0.15, 0.2) is 121 Å². The normalized spacial score (nSPS) is 34.2. The van der Waals surface area contributed by atoms with E-state index in [0.717, 1.165) is 22.3 Å². The molecular formula is C46H60N4O11. The van der Waals surface area contributed by atoms with Crippen molar-refractivity contribution in [3.05, 3.63) is 144 Å². The number of rotatable bonds is 18. The zero-order chi connectivity index (χ0) is 42.7. The van der Waals surface area contributed by atoms with E-state index in [9.17, 15) is 15.3 Å². The van der Waals surface area contributed by atoms with Crippen molar-refractivity contribution in [1.82, 2.24) is 0 Å². The van der Waals surface area contributed by atoms with Crippen LogP contribution in [0.4, 0.5) is 0 Å². The Morgan fingerprint density at radius 1 is 0.475 bits per heavy atom. The average Bonchev–Trinajstić information content (AvgIpc) is 3.29. The topological polar surface area (TPSA) is 239 Å². The van der Waals surface area contributed by atoms with Crippen molar-refractivity contribution in [3.8, 4) is 0 Å². The van der Waals surface area contributed by atoms with Gasteiger partial charge >= 0.3 is 0 Å². The van der Waals surface area contributed by atoms with Crippen molar-refractivity contribution < 1.29 is 53.2 Å². The van der Waals surface area contributed by atoms with Crippen LogP contribution in [0.25, 0.3) is 0 Å². The molecule has 2 saturated heterocycles. The largest absolute Gasteiger partial charge is 0.388 e. The van der Waals surface area contributed by atoms with Gasteiger partial charge < -0.3 is 76.1 Å². The zero-order valence-electron chi connectivity index (χ0n) is 34.1. The maximum Gasteiger partial charge on any atom is 0.187 e. The quantitative estimate of drug-likeness (QED) is 0.0754. The molecule has 2 aliphatic heterocycles. The fraction of sp³-hybridized carbons (Fsp3) is 0.478. The monoisotopic (exact) mass is 844 g/mol. The third-order valence-electron chi connectivity index (χ3n) is 11.5. The highest BCUT2D eigenvalue weighted by atomic mass is 16.7. The third kappa shape index (κ3) is 11.7. The molecule has 7 rings (SSSR count). The van der Waals surface area contributed by atoms with E-state index in [0.29, 0.717) is 6.61 Å². The molecule has 15 atom stereocenters. The summed E-state index contributed by atoms with van der Waals surface area (Å²) < 4.78 is 52.4. The Morgan fingerprint density at radius 3 is 1.39 bits per heavy atom. The van der Waals surface area contributed by atoms with Crippen molar-refractivity contribution in [2.24, 2.45) is 22.9 Å². The minimum atomic E-state index is -1.43. The Hall–Kier alpha value is -3.72. The second kappa shape index (κ2) is 22.1. The summed E-state index contributed by atoms with van der Waals surface area (Å²) in [6, 6.07) is 36.4. The minimum absolute atomic E-state index is 0.0914. The van der Waals surface area contributed by atoms with E-state index in [1.807, 2.05) is 121 Å². The van der Waals surface area contributed by atoms with Gasteiger partial charge in [0.25, 0.3) is 0 Å². The second-order valence-electron chi connectivity index (χ2n) is 15.9. The maximum atomic E-state index is 12.0. The first-order valence-corrected chi connectivity index (χ1v) is 20.9. The lowest BCUT2D eigenvalue weighted by molar-refractivity contribution is -0.349. The Labute approximate surface area is 356 Å². The molecule has 0 amide bonds. The van der Waals surface area contributed by atoms with Crippen LogP contribution < -0.4 is 22.9 Å². The lowest BCUT2D eigenvalue weighted by Crippen LogP contribution is -2.69. The van der Waals surface area contributed by atoms with E-state index >= 15 is 0 Å². The summed E-state index contributed by atoms with van der Waals surface area (Å²) in [5.41, 5.74) is 29.1. The molecule has 1 saturated carbocycles. The van der Waals surface area contributed by atoms with Gasteiger partial charge in [0.15, 0.2) is 12.6 Å². The van der Waals surface area contributed by atoms with Crippen LogP contribution >= 0.6 is 0 Å². The van der Waals surface area contributed by atoms with Crippen LogP contribution in [0, 0.1) is 0 Å². The molecule has 330 valence electrons. The van der Waals surface area contributed by atoms with Crippen molar-refractivity contribution in [3.63, 3.8) is 0 Å². The third-order valence-corrected chi connectivity index (χ3v) is 11.5. The van der Waals surface area contributed by atoms with Crippen molar-refractivity contribution in [2.75, 3.05) is 13.2 Å². The van der Waals surface area contributed by atoms with Gasteiger partial charge in [0.05, 0.1) is 39.1 Å². The second-order valence-corrected chi connectivity index (χ2v) is 15.9. The zero-order valence-corrected chi connectivity index (χ0v) is 34.1. The van der Waals surface area contributed by atoms with E-state index in [1.165, 1.54) is 0 Å². The number of ether oxygens (including phenoxy) is 8. The Kier molecular flexibility index (Phi) is 16.4. The molecule has 15 nitrogen and oxygen atoms in total. The number of benzene rings is 4. The van der Waals surface area contributed by atoms with Gasteiger partial charge in [-0.2, -0.15) is 0 Å². The first-order chi connectivity index (χ1) is 29.7. The number of aliphatic hydroxyl groups excluding tert-OH is 3. The fourth-order valence-corrected chi connectivity index (χ4v) is 8.08. The smallest absolute Gasteiger partial charge is 0.187 e. The van der Waals surface area contributed by atoms with Crippen LogP contribution in [-0.4, -0.2) is 120 Å². The van der Waals surface area contributed by atoms with E-state index in [2.05, 4.69) is 0 Å². The molecule has 1 aliphatic carbocycles. The van der Waals surface area contributed by atoms with Gasteiger partial charge in [0, 0.05) is 18.6 Å². The lowest BCUT2D eigenvalue weighted by Gasteiger charge is -2.49. The van der Waals surface area contributed by atoms with E-state index in [1.54, 1.807) is 0 Å². The first-order valence-electron chi connectivity index (χ1n) is 20.9. The summed E-state index contributed by atoms with van der Waals surface area (Å²) >= 11 is 0. The molecule has 4 aromatic carbocycles. The Morgan fingerprint density at radius 2 is 0.902 bits per heavy atom. The van der Waals surface area contributed by atoms with Gasteiger partial charge in [0.1, 0.15) is 61.0 Å². The molecular weight excluding hydrogens is 785 g/mol. The van der Waals surface area contributed by atoms with Gasteiger partial charge in [-0.3, -0.25) is 0 Å². The van der Waals surface area contributed by atoms with Crippen LogP contribution in [0.1, 0.15) is 28.7 Å². The number of nitrogens with two attached hydrogens (primary N) is 4. The van der Waals surface area contributed by atoms with Crippen molar-refractivity contribution in [1.29, 1.82) is 0 Å². The summed E-state index contributed by atoms with van der Waals surface area (Å²) in [6.45, 7) is 0.931. The molecule has 0 bridgehead atoms. The van der Waals surface area contributed by atoms with Gasteiger partial charge in [-0.25, -0.2) is 0 Å². The first kappa shape index (κ1) is 45.3. The molecule has 0 aromatic heterocycles. The van der Waals surface area contributed by atoms with Crippen LogP contribution in [0.2, 0.25) is 0 Å². The molecule has 3 fully saturated rings. The summed E-state index contributed by atoms with van der Waals surface area (Å²) in [5, 5.41) is 33.2. The van der Waals surface area contributed by atoms with Crippen LogP contribution in [0.5, 0.6) is 0 Å². The molecule has 0 unspecified atom stereocenters. The van der Waals surface area contributed by atoms with Gasteiger partial charge in [-0.05, 0) is 28.7 Å². The molecule has 11 N–H and O–H groups in total. The predicted octanol–water partition coefficient (Wildman–Crippen LogP) is 1.61. The highest BCUT2D eigenvalue weighted by Crippen LogP contribution is 2.35. The molecule has 0 spiro atoms. The SMILES string of the molecule is NC[C@H]1O[C@H](O[C@H]2[C@H](O)[C@@H](O[C@H]3O[C@H](COCc4ccccc4)[C@@H](OCc4ccccc4)[C@H](OCc4ccccc4)[C@H]3OCc3ccccc3)[C@H](N)C[C@@H]2N)[C@H](N)[C@@H](O)[C@@H]1O. The predicted molar refractivity (Wildman–Crippen MR) is 224 cm³/mol. The van der Waals surface area contributed by atoms with Crippen molar-refractivity contribution >= 4 is 0 Å². The number of hydrogen-bond acceptors (Lipinski definition) is 15. The molecule has 0 radical (unpaired) electrons. The molecule has 61 heavy (non-hydrogen) atoms. The standard InChI is InChI=1S/C46H60N4O11/c47-22-34-37(51)38(52)36(50)45(58-34)60-40-32(48)21-33(49)41(39(40)53)61-46-44(57-26-31-19-11-4-12-20-31)43(56-25-30-17-9-3-10-18-30)42(55-24-29-15-7-2-8-16-29)35(59-46)27-54-23-28-13-5-1-6-14-28/h1-20,32-46,51-53H,21-27,47-50H2/t32-,33+,34+,35+,36+,37+,38+,39-,40+,41-,42+,43-,44+,45+,46+/m0/s1. The molecule has 2 heterocycles. The van der Waals surface area contributed by atoms with E-state index < -0.39 is 91.7 Å². The maximum absolute atomic E-state index is 12.0. The molecule has 4 aromatic rings. The van der Waals surface area contributed by atoms with Gasteiger partial charge in [-0.15, -0.1) is 0 Å². The summed E-state index contributed by atoms with van der Waals surface area (Å²) in [7, 11) is 0. The number of aliphatic hydroxyl groups is 3. The molecule has 3 aliphatic rings. The Bertz CT molecular complexity index is 1860. The minimum Gasteiger partial charge on any atom is -0.388 e.